The highest BCUT2D eigenvalue weighted by atomic mass is 35.5. The van der Waals surface area contributed by atoms with Gasteiger partial charge < -0.3 is 5.32 Å². The molecular formula is C12H11ClN2O2. The zero-order valence-electron chi connectivity index (χ0n) is 9.02. The molecule has 0 spiro atoms. The first-order valence-electron chi connectivity index (χ1n) is 4.99. The van der Waals surface area contributed by atoms with Crippen LogP contribution < -0.4 is 5.32 Å². The quantitative estimate of drug-likeness (QED) is 0.632. The van der Waals surface area contributed by atoms with Crippen molar-refractivity contribution in [2.75, 3.05) is 5.88 Å². The summed E-state index contributed by atoms with van der Waals surface area (Å²) in [5.41, 5.74) is 0.899. The van der Waals surface area contributed by atoms with E-state index < -0.39 is 17.6 Å². The lowest BCUT2D eigenvalue weighted by molar-refractivity contribution is -0.130. The third kappa shape index (κ3) is 3.89. The maximum atomic E-state index is 11.5. The Hall–Kier alpha value is -1.86. The van der Waals surface area contributed by atoms with Gasteiger partial charge in [0.2, 0.25) is 5.91 Å². The second-order valence-electron chi connectivity index (χ2n) is 3.37. The normalized spacial score (nSPS) is 11.3. The molecule has 0 heterocycles. The van der Waals surface area contributed by atoms with E-state index in [-0.39, 0.29) is 12.4 Å². The number of Topliss-reactive ketones (excluding diaryl/α,β-unsaturated/α-hetero) is 1. The molecule has 1 atom stereocenters. The molecule has 0 aliphatic rings. The van der Waals surface area contributed by atoms with Gasteiger partial charge in [0.1, 0.15) is 0 Å². The molecule has 0 unspecified atom stereocenters. The molecule has 17 heavy (non-hydrogen) atoms. The summed E-state index contributed by atoms with van der Waals surface area (Å²) in [6.07, 6.45) is 0. The van der Waals surface area contributed by atoms with E-state index >= 15 is 0 Å². The van der Waals surface area contributed by atoms with Gasteiger partial charge in [0.05, 0.1) is 11.9 Å². The van der Waals surface area contributed by atoms with E-state index in [9.17, 15) is 9.59 Å². The Morgan fingerprint density at radius 3 is 2.53 bits per heavy atom. The van der Waals surface area contributed by atoms with Crippen molar-refractivity contribution in [2.24, 2.45) is 5.92 Å². The number of amides is 1. The number of hydrogen-bond donors (Lipinski definition) is 1. The number of halogens is 1. The number of nitriles is 1. The van der Waals surface area contributed by atoms with Crippen LogP contribution >= 0.6 is 11.6 Å². The van der Waals surface area contributed by atoms with Gasteiger partial charge in [0, 0.05) is 6.54 Å². The molecule has 0 aliphatic heterocycles. The van der Waals surface area contributed by atoms with Crippen molar-refractivity contribution < 1.29 is 9.59 Å². The average molecular weight is 251 g/mol. The van der Waals surface area contributed by atoms with Crippen LogP contribution in [0.3, 0.4) is 0 Å². The zero-order chi connectivity index (χ0) is 12.7. The molecule has 1 aromatic carbocycles. The minimum absolute atomic E-state index is 0.285. The molecule has 0 radical (unpaired) electrons. The van der Waals surface area contributed by atoms with Gasteiger partial charge in [-0.2, -0.15) is 5.26 Å². The van der Waals surface area contributed by atoms with Crippen LogP contribution in [0.4, 0.5) is 0 Å². The van der Waals surface area contributed by atoms with E-state index in [0.29, 0.717) is 0 Å². The highest BCUT2D eigenvalue weighted by Gasteiger charge is 2.24. The summed E-state index contributed by atoms with van der Waals surface area (Å²) in [5, 5.41) is 11.2. The van der Waals surface area contributed by atoms with Crippen LogP contribution in [0.2, 0.25) is 0 Å². The molecule has 88 valence electrons. The lowest BCUT2D eigenvalue weighted by Crippen LogP contribution is -2.34. The first-order valence-corrected chi connectivity index (χ1v) is 5.52. The monoisotopic (exact) mass is 250 g/mol. The highest BCUT2D eigenvalue weighted by Crippen LogP contribution is 2.02. The second-order valence-corrected chi connectivity index (χ2v) is 3.63. The Morgan fingerprint density at radius 2 is 2.00 bits per heavy atom. The predicted octanol–water partition coefficient (Wildman–Crippen LogP) is 1.25. The highest BCUT2D eigenvalue weighted by molar-refractivity contribution is 6.30. The largest absolute Gasteiger partial charge is 0.350 e. The van der Waals surface area contributed by atoms with Gasteiger partial charge in [-0.1, -0.05) is 30.3 Å². The van der Waals surface area contributed by atoms with Gasteiger partial charge in [-0.25, -0.2) is 0 Å². The van der Waals surface area contributed by atoms with Crippen LogP contribution in [0.25, 0.3) is 0 Å². The summed E-state index contributed by atoms with van der Waals surface area (Å²) >= 11 is 5.31. The summed E-state index contributed by atoms with van der Waals surface area (Å²) in [4.78, 5) is 22.7. The fourth-order valence-corrected chi connectivity index (χ4v) is 1.40. The number of carbonyl (C=O) groups excluding carboxylic acids is 2. The first-order chi connectivity index (χ1) is 8.19. The van der Waals surface area contributed by atoms with Crippen molar-refractivity contribution in [1.29, 1.82) is 5.26 Å². The van der Waals surface area contributed by atoms with Gasteiger partial charge in [0.25, 0.3) is 0 Å². The molecule has 0 bridgehead atoms. The number of nitrogens with zero attached hydrogens (tertiary/aromatic N) is 1. The lowest BCUT2D eigenvalue weighted by Gasteiger charge is -2.08. The molecule has 0 aromatic heterocycles. The Labute approximate surface area is 104 Å². The van der Waals surface area contributed by atoms with Crippen LogP contribution in [-0.2, 0) is 16.1 Å². The van der Waals surface area contributed by atoms with Crippen molar-refractivity contribution >= 4 is 23.3 Å². The van der Waals surface area contributed by atoms with E-state index in [1.807, 2.05) is 30.3 Å². The Balaban J connectivity index is 2.55. The molecule has 0 fully saturated rings. The summed E-state index contributed by atoms with van der Waals surface area (Å²) in [7, 11) is 0. The average Bonchev–Trinajstić information content (AvgIpc) is 2.38. The summed E-state index contributed by atoms with van der Waals surface area (Å²) in [6, 6.07) is 10.9. The number of hydrogen-bond acceptors (Lipinski definition) is 3. The van der Waals surface area contributed by atoms with Crippen molar-refractivity contribution in [3.05, 3.63) is 35.9 Å². The van der Waals surface area contributed by atoms with E-state index in [1.165, 1.54) is 0 Å². The van der Waals surface area contributed by atoms with Crippen molar-refractivity contribution in [3.63, 3.8) is 0 Å². The molecule has 1 N–H and O–H groups in total. The molecule has 5 heteroatoms. The second kappa shape index (κ2) is 6.66. The smallest absolute Gasteiger partial charge is 0.245 e. The van der Waals surface area contributed by atoms with Crippen LogP contribution in [-0.4, -0.2) is 17.6 Å². The summed E-state index contributed by atoms with van der Waals surface area (Å²) in [6.45, 7) is 0.285. The maximum Gasteiger partial charge on any atom is 0.245 e. The van der Waals surface area contributed by atoms with Crippen LogP contribution in [0.5, 0.6) is 0 Å². The molecule has 0 saturated heterocycles. The minimum Gasteiger partial charge on any atom is -0.350 e. The third-order valence-corrected chi connectivity index (χ3v) is 2.42. The van der Waals surface area contributed by atoms with E-state index in [4.69, 9.17) is 16.9 Å². The fourth-order valence-electron chi connectivity index (χ4n) is 1.24. The zero-order valence-corrected chi connectivity index (χ0v) is 9.78. The molecule has 0 aliphatic carbocycles. The van der Waals surface area contributed by atoms with E-state index in [2.05, 4.69) is 5.32 Å². The van der Waals surface area contributed by atoms with Crippen molar-refractivity contribution in [2.45, 2.75) is 6.54 Å². The summed E-state index contributed by atoms with van der Waals surface area (Å²) in [5.74, 6) is -2.85. The van der Waals surface area contributed by atoms with Crippen LogP contribution in [0.15, 0.2) is 30.3 Å². The van der Waals surface area contributed by atoms with E-state index in [1.54, 1.807) is 6.07 Å². The van der Waals surface area contributed by atoms with Gasteiger partial charge in [-0.3, -0.25) is 9.59 Å². The van der Waals surface area contributed by atoms with Crippen LogP contribution in [0.1, 0.15) is 5.56 Å². The molecular weight excluding hydrogens is 240 g/mol. The van der Waals surface area contributed by atoms with Crippen molar-refractivity contribution in [3.8, 4) is 6.07 Å². The Kier molecular flexibility index (Phi) is 5.18. The summed E-state index contributed by atoms with van der Waals surface area (Å²) < 4.78 is 0. The minimum atomic E-state index is -1.32. The number of benzene rings is 1. The molecule has 4 nitrogen and oxygen atoms in total. The number of carbonyl (C=O) groups is 2. The SMILES string of the molecule is N#C[C@H](C(=O)CCl)C(=O)NCc1ccccc1. The van der Waals surface area contributed by atoms with Gasteiger partial charge in [0.15, 0.2) is 11.7 Å². The molecule has 1 aromatic rings. The molecule has 1 rings (SSSR count). The molecule has 1 amide bonds. The predicted molar refractivity (Wildman–Crippen MR) is 63.1 cm³/mol. The Morgan fingerprint density at radius 1 is 1.35 bits per heavy atom. The number of ketones is 1. The van der Waals surface area contributed by atoms with Crippen molar-refractivity contribution in [1.82, 2.24) is 5.32 Å². The van der Waals surface area contributed by atoms with Gasteiger partial charge in [-0.05, 0) is 5.56 Å². The topological polar surface area (TPSA) is 70.0 Å². The number of nitrogens with one attached hydrogen (secondary N) is 1. The standard InChI is InChI=1S/C12H11ClN2O2/c13-6-11(16)10(7-14)12(17)15-8-9-4-2-1-3-5-9/h1-5,10H,6,8H2,(H,15,17)/t10-/m1/s1. The number of alkyl halides is 1. The van der Waals surface area contributed by atoms with Gasteiger partial charge >= 0.3 is 0 Å². The third-order valence-electron chi connectivity index (χ3n) is 2.15. The molecule has 0 saturated carbocycles. The lowest BCUT2D eigenvalue weighted by atomic mass is 10.1. The Bertz CT molecular complexity index is 440. The van der Waals surface area contributed by atoms with Gasteiger partial charge in [-0.15, -0.1) is 11.6 Å². The fraction of sp³-hybridized carbons (Fsp3) is 0.250. The van der Waals surface area contributed by atoms with E-state index in [0.717, 1.165) is 5.56 Å². The van der Waals surface area contributed by atoms with Crippen LogP contribution in [0, 0.1) is 17.2 Å². The number of rotatable bonds is 5. The maximum absolute atomic E-state index is 11.5. The first kappa shape index (κ1) is 13.2.